The smallest absolute Gasteiger partial charge is 0.257 e. The Kier molecular flexibility index (Phi) is 4.92. The molecule has 1 fully saturated rings. The van der Waals surface area contributed by atoms with Gasteiger partial charge in [0.15, 0.2) is 0 Å². The van der Waals surface area contributed by atoms with Gasteiger partial charge >= 0.3 is 0 Å². The number of methoxy groups -OCH3 is 1. The van der Waals surface area contributed by atoms with Crippen LogP contribution in [-0.4, -0.2) is 53.5 Å². The lowest BCUT2D eigenvalue weighted by Gasteiger charge is -2.33. The fourth-order valence-corrected chi connectivity index (χ4v) is 2.87. The highest BCUT2D eigenvalue weighted by atomic mass is 35.5. The van der Waals surface area contributed by atoms with Gasteiger partial charge in [0.1, 0.15) is 5.75 Å². The Labute approximate surface area is 144 Å². The highest BCUT2D eigenvalue weighted by Gasteiger charge is 2.27. The van der Waals surface area contributed by atoms with E-state index in [2.05, 4.69) is 5.10 Å². The summed E-state index contributed by atoms with van der Waals surface area (Å²) in [5.41, 5.74) is 6.55. The lowest BCUT2D eigenvalue weighted by atomic mass is 10.1. The van der Waals surface area contributed by atoms with Crippen LogP contribution in [0.3, 0.4) is 0 Å². The molecule has 128 valence electrons. The number of nitrogens with two attached hydrogens (primary N) is 1. The number of halogens is 1. The SMILES string of the molecule is COc1cc(N)c(Cl)cc1C(=O)N1CCOC(Cn2cccn2)C1. The van der Waals surface area contributed by atoms with E-state index in [4.69, 9.17) is 26.8 Å². The van der Waals surface area contributed by atoms with E-state index in [1.807, 2.05) is 12.3 Å². The number of nitrogen functional groups attached to an aromatic ring is 1. The van der Waals surface area contributed by atoms with Gasteiger partial charge in [0.2, 0.25) is 0 Å². The number of morpholine rings is 1. The number of benzene rings is 1. The normalized spacial score (nSPS) is 17.8. The second kappa shape index (κ2) is 7.11. The lowest BCUT2D eigenvalue weighted by molar-refractivity contribution is -0.0300. The summed E-state index contributed by atoms with van der Waals surface area (Å²) in [7, 11) is 1.50. The van der Waals surface area contributed by atoms with Gasteiger partial charge in [0, 0.05) is 31.5 Å². The first-order chi connectivity index (χ1) is 11.6. The summed E-state index contributed by atoms with van der Waals surface area (Å²) in [5.74, 6) is 0.263. The van der Waals surface area contributed by atoms with Crippen LogP contribution in [0.15, 0.2) is 30.6 Å². The van der Waals surface area contributed by atoms with Crippen LogP contribution in [-0.2, 0) is 11.3 Å². The van der Waals surface area contributed by atoms with Gasteiger partial charge in [-0.05, 0) is 12.1 Å². The molecule has 0 bridgehead atoms. The molecule has 24 heavy (non-hydrogen) atoms. The first-order valence-corrected chi connectivity index (χ1v) is 7.97. The Morgan fingerprint density at radius 2 is 2.38 bits per heavy atom. The van der Waals surface area contributed by atoms with E-state index in [0.29, 0.717) is 48.3 Å². The van der Waals surface area contributed by atoms with Gasteiger partial charge in [-0.25, -0.2) is 0 Å². The fraction of sp³-hybridized carbons (Fsp3) is 0.375. The highest BCUT2D eigenvalue weighted by molar-refractivity contribution is 6.33. The Hall–Kier alpha value is -2.25. The maximum Gasteiger partial charge on any atom is 0.257 e. The average Bonchev–Trinajstić information content (AvgIpc) is 3.09. The molecule has 1 aliphatic heterocycles. The van der Waals surface area contributed by atoms with Gasteiger partial charge in [0.25, 0.3) is 5.91 Å². The van der Waals surface area contributed by atoms with E-state index >= 15 is 0 Å². The van der Waals surface area contributed by atoms with Crippen LogP contribution in [0, 0.1) is 0 Å². The molecule has 1 unspecified atom stereocenters. The van der Waals surface area contributed by atoms with E-state index in [1.165, 1.54) is 7.11 Å². The number of amides is 1. The van der Waals surface area contributed by atoms with Crippen molar-refractivity contribution in [2.45, 2.75) is 12.6 Å². The number of hydrogen-bond donors (Lipinski definition) is 1. The number of rotatable bonds is 4. The molecule has 0 aliphatic carbocycles. The van der Waals surface area contributed by atoms with Crippen molar-refractivity contribution in [1.29, 1.82) is 0 Å². The van der Waals surface area contributed by atoms with Crippen molar-refractivity contribution >= 4 is 23.2 Å². The van der Waals surface area contributed by atoms with E-state index in [1.54, 1.807) is 27.9 Å². The minimum absolute atomic E-state index is 0.113. The van der Waals surface area contributed by atoms with Crippen LogP contribution in [0.4, 0.5) is 5.69 Å². The third-order valence-corrected chi connectivity index (χ3v) is 4.25. The average molecular weight is 351 g/mol. The minimum atomic E-state index is -0.150. The van der Waals surface area contributed by atoms with Crippen LogP contribution >= 0.6 is 11.6 Å². The molecule has 1 atom stereocenters. The Morgan fingerprint density at radius 3 is 3.08 bits per heavy atom. The summed E-state index contributed by atoms with van der Waals surface area (Å²) < 4.78 is 12.8. The van der Waals surface area contributed by atoms with Crippen LogP contribution in [0.25, 0.3) is 0 Å². The summed E-state index contributed by atoms with van der Waals surface area (Å²) in [5, 5.41) is 4.50. The Balaban J connectivity index is 1.76. The molecule has 3 rings (SSSR count). The number of hydrogen-bond acceptors (Lipinski definition) is 5. The summed E-state index contributed by atoms with van der Waals surface area (Å²) >= 11 is 6.06. The third-order valence-electron chi connectivity index (χ3n) is 3.93. The predicted octanol–water partition coefficient (Wildman–Crippen LogP) is 1.67. The zero-order valence-corrected chi connectivity index (χ0v) is 14.1. The predicted molar refractivity (Wildman–Crippen MR) is 90.3 cm³/mol. The Morgan fingerprint density at radius 1 is 1.54 bits per heavy atom. The Bertz CT molecular complexity index is 720. The molecule has 2 aromatic rings. The van der Waals surface area contributed by atoms with Crippen molar-refractivity contribution in [2.24, 2.45) is 0 Å². The van der Waals surface area contributed by atoms with Crippen LogP contribution < -0.4 is 10.5 Å². The molecule has 1 saturated heterocycles. The molecule has 7 nitrogen and oxygen atoms in total. The first kappa shape index (κ1) is 16.6. The number of ether oxygens (including phenoxy) is 2. The topological polar surface area (TPSA) is 82.6 Å². The molecular weight excluding hydrogens is 332 g/mol. The molecule has 8 heteroatoms. The van der Waals surface area contributed by atoms with Crippen molar-refractivity contribution < 1.29 is 14.3 Å². The maximum atomic E-state index is 12.9. The molecule has 0 spiro atoms. The minimum Gasteiger partial charge on any atom is -0.496 e. The van der Waals surface area contributed by atoms with Crippen LogP contribution in [0.1, 0.15) is 10.4 Å². The molecule has 2 heterocycles. The standard InChI is InChI=1S/C16H19ClN4O3/c1-23-15-8-14(18)13(17)7-12(15)16(22)20-5-6-24-11(9-20)10-21-4-2-3-19-21/h2-4,7-8,11H,5-6,9-10,18H2,1H3. The van der Waals surface area contributed by atoms with Crippen molar-refractivity contribution in [1.82, 2.24) is 14.7 Å². The lowest BCUT2D eigenvalue weighted by Crippen LogP contribution is -2.47. The highest BCUT2D eigenvalue weighted by Crippen LogP contribution is 2.30. The number of aromatic nitrogens is 2. The van der Waals surface area contributed by atoms with Crippen molar-refractivity contribution in [3.63, 3.8) is 0 Å². The largest absolute Gasteiger partial charge is 0.496 e. The molecule has 1 aliphatic rings. The van der Waals surface area contributed by atoms with Gasteiger partial charge in [-0.3, -0.25) is 9.48 Å². The summed E-state index contributed by atoms with van der Waals surface area (Å²) in [6.07, 6.45) is 3.47. The first-order valence-electron chi connectivity index (χ1n) is 7.60. The van der Waals surface area contributed by atoms with Crippen molar-refractivity contribution in [3.05, 3.63) is 41.2 Å². The van der Waals surface area contributed by atoms with Gasteiger partial charge in [-0.2, -0.15) is 5.10 Å². The molecule has 2 N–H and O–H groups in total. The van der Waals surface area contributed by atoms with Crippen LogP contribution in [0.5, 0.6) is 5.75 Å². The quantitative estimate of drug-likeness (QED) is 0.848. The summed E-state index contributed by atoms with van der Waals surface area (Å²) in [6.45, 7) is 2.06. The molecule has 0 saturated carbocycles. The monoisotopic (exact) mass is 350 g/mol. The zero-order chi connectivity index (χ0) is 17.1. The molecule has 1 aromatic heterocycles. The zero-order valence-electron chi connectivity index (χ0n) is 13.3. The number of carbonyl (C=O) groups is 1. The summed E-state index contributed by atoms with van der Waals surface area (Å²) in [4.78, 5) is 14.6. The maximum absolute atomic E-state index is 12.9. The second-order valence-electron chi connectivity index (χ2n) is 5.55. The van der Waals surface area contributed by atoms with Crippen molar-refractivity contribution in [2.75, 3.05) is 32.5 Å². The number of nitrogens with zero attached hydrogens (tertiary/aromatic N) is 3. The van der Waals surface area contributed by atoms with Gasteiger partial charge in [0.05, 0.1) is 42.6 Å². The van der Waals surface area contributed by atoms with E-state index < -0.39 is 0 Å². The van der Waals surface area contributed by atoms with Gasteiger partial charge in [-0.1, -0.05) is 11.6 Å². The van der Waals surface area contributed by atoms with Crippen molar-refractivity contribution in [3.8, 4) is 5.75 Å². The fourth-order valence-electron chi connectivity index (χ4n) is 2.71. The van der Waals surface area contributed by atoms with E-state index in [9.17, 15) is 4.79 Å². The second-order valence-corrected chi connectivity index (χ2v) is 5.95. The van der Waals surface area contributed by atoms with E-state index in [0.717, 1.165) is 0 Å². The molecule has 0 radical (unpaired) electrons. The summed E-state index contributed by atoms with van der Waals surface area (Å²) in [6, 6.07) is 4.97. The molecule has 1 amide bonds. The number of carbonyl (C=O) groups excluding carboxylic acids is 1. The van der Waals surface area contributed by atoms with Gasteiger partial charge in [-0.15, -0.1) is 0 Å². The van der Waals surface area contributed by atoms with E-state index in [-0.39, 0.29) is 12.0 Å². The third kappa shape index (κ3) is 3.47. The molecule has 1 aromatic carbocycles. The number of anilines is 1. The van der Waals surface area contributed by atoms with Gasteiger partial charge < -0.3 is 20.1 Å². The molecular formula is C16H19ClN4O3. The van der Waals surface area contributed by atoms with Crippen LogP contribution in [0.2, 0.25) is 5.02 Å².